The van der Waals surface area contributed by atoms with Gasteiger partial charge in [0.25, 0.3) is 0 Å². The van der Waals surface area contributed by atoms with E-state index in [1.807, 2.05) is 0 Å². The zero-order valence-corrected chi connectivity index (χ0v) is 7.55. The molecule has 0 aromatic rings. The standard InChI is InChI=1S/C4H14N4O3P/c5-1-3-7-10-12(9)11-8-4-2-6/h7-8H,1-6H2/q+1. The third kappa shape index (κ3) is 7.96. The van der Waals surface area contributed by atoms with Crippen LogP contribution < -0.4 is 22.4 Å². The molecule has 0 saturated carbocycles. The summed E-state index contributed by atoms with van der Waals surface area (Å²) in [5.74, 6) is 0. The molecule has 6 N–H and O–H groups in total. The zero-order chi connectivity index (χ0) is 9.23. The topological polar surface area (TPSA) is 112 Å². The van der Waals surface area contributed by atoms with Crippen LogP contribution in [0.3, 0.4) is 0 Å². The summed E-state index contributed by atoms with van der Waals surface area (Å²) >= 11 is 0. The Kier molecular flexibility index (Phi) is 8.85. The van der Waals surface area contributed by atoms with Crippen molar-refractivity contribution in [2.45, 2.75) is 0 Å². The van der Waals surface area contributed by atoms with Gasteiger partial charge in [0.2, 0.25) is 0 Å². The minimum atomic E-state index is -2.19. The molecule has 0 saturated heterocycles. The fourth-order valence-electron chi connectivity index (χ4n) is 0.333. The van der Waals surface area contributed by atoms with E-state index in [9.17, 15) is 4.57 Å². The van der Waals surface area contributed by atoms with Gasteiger partial charge < -0.3 is 11.5 Å². The van der Waals surface area contributed by atoms with Crippen molar-refractivity contribution < 1.29 is 13.8 Å². The van der Waals surface area contributed by atoms with Crippen LogP contribution in [-0.2, 0) is 13.8 Å². The molecule has 0 fully saturated rings. The normalized spacial score (nSPS) is 10.2. The van der Waals surface area contributed by atoms with Crippen LogP contribution in [0.1, 0.15) is 0 Å². The monoisotopic (exact) mass is 197 g/mol. The molecule has 0 aliphatic carbocycles. The van der Waals surface area contributed by atoms with E-state index in [-0.39, 0.29) is 0 Å². The molecule has 0 rings (SSSR count). The SMILES string of the molecule is NCCNO[P+](=O)ONCCN. The molecule has 0 aromatic heterocycles. The van der Waals surface area contributed by atoms with Crippen LogP contribution in [-0.4, -0.2) is 26.2 Å². The first-order valence-electron chi connectivity index (χ1n) is 3.48. The lowest BCUT2D eigenvalue weighted by atomic mass is 10.7. The molecule has 0 heterocycles. The van der Waals surface area contributed by atoms with Crippen LogP contribution in [0.25, 0.3) is 0 Å². The van der Waals surface area contributed by atoms with Crippen LogP contribution in [0.4, 0.5) is 0 Å². The van der Waals surface area contributed by atoms with E-state index in [0.29, 0.717) is 26.2 Å². The van der Waals surface area contributed by atoms with Crippen molar-refractivity contribution in [3.8, 4) is 0 Å². The number of nitrogens with two attached hydrogens (primary N) is 2. The first kappa shape index (κ1) is 11.9. The minimum absolute atomic E-state index is 0.402. The van der Waals surface area contributed by atoms with E-state index < -0.39 is 8.25 Å². The van der Waals surface area contributed by atoms with Crippen molar-refractivity contribution in [2.75, 3.05) is 26.2 Å². The summed E-state index contributed by atoms with van der Waals surface area (Å²) < 4.78 is 19.7. The summed E-state index contributed by atoms with van der Waals surface area (Å²) in [4.78, 5) is 0. The quantitative estimate of drug-likeness (QED) is 0.215. The van der Waals surface area contributed by atoms with E-state index in [1.54, 1.807) is 0 Å². The Labute approximate surface area is 71.6 Å². The lowest BCUT2D eigenvalue weighted by Crippen LogP contribution is -2.23. The van der Waals surface area contributed by atoms with Gasteiger partial charge in [-0.1, -0.05) is 0 Å². The minimum Gasteiger partial charge on any atom is -0.329 e. The third-order valence-electron chi connectivity index (χ3n) is 0.771. The fraction of sp³-hybridized carbons (Fsp3) is 1.00. The van der Waals surface area contributed by atoms with Crippen LogP contribution in [0.2, 0.25) is 0 Å². The van der Waals surface area contributed by atoms with Crippen molar-refractivity contribution in [3.63, 3.8) is 0 Å². The molecule has 8 heteroatoms. The van der Waals surface area contributed by atoms with Crippen molar-refractivity contribution in [1.29, 1.82) is 0 Å². The van der Waals surface area contributed by atoms with Gasteiger partial charge in [-0.25, -0.2) is 0 Å². The Morgan fingerprint density at radius 2 is 1.50 bits per heavy atom. The summed E-state index contributed by atoms with van der Waals surface area (Å²) in [6.07, 6.45) is 0. The van der Waals surface area contributed by atoms with Gasteiger partial charge in [-0.3, -0.25) is 0 Å². The van der Waals surface area contributed by atoms with Gasteiger partial charge in [-0.05, 0) is 9.25 Å². The van der Waals surface area contributed by atoms with E-state index >= 15 is 0 Å². The summed E-state index contributed by atoms with van der Waals surface area (Å²) in [6, 6.07) is 0. The van der Waals surface area contributed by atoms with E-state index in [1.165, 1.54) is 0 Å². The maximum atomic E-state index is 10.7. The number of hydrogen-bond donors (Lipinski definition) is 4. The first-order valence-corrected chi connectivity index (χ1v) is 4.58. The Morgan fingerprint density at radius 1 is 1.08 bits per heavy atom. The predicted molar refractivity (Wildman–Crippen MR) is 43.9 cm³/mol. The molecular weight excluding hydrogens is 183 g/mol. The van der Waals surface area contributed by atoms with Crippen molar-refractivity contribution in [2.24, 2.45) is 11.5 Å². The predicted octanol–water partition coefficient (Wildman–Crippen LogP) is -1.40. The molecule has 0 aliphatic rings. The molecule has 0 spiro atoms. The van der Waals surface area contributed by atoms with Gasteiger partial charge in [0.15, 0.2) is 0 Å². The Bertz CT molecular complexity index is 113. The molecule has 0 radical (unpaired) electrons. The first-order chi connectivity index (χ1) is 5.81. The highest BCUT2D eigenvalue weighted by Gasteiger charge is 2.20. The highest BCUT2D eigenvalue weighted by molar-refractivity contribution is 7.33. The van der Waals surface area contributed by atoms with Crippen molar-refractivity contribution in [3.05, 3.63) is 0 Å². The Hall–Kier alpha value is -0.140. The largest absolute Gasteiger partial charge is 0.735 e. The van der Waals surface area contributed by atoms with Gasteiger partial charge >= 0.3 is 8.25 Å². The second kappa shape index (κ2) is 8.95. The van der Waals surface area contributed by atoms with Gasteiger partial charge in [-0.2, -0.15) is 0 Å². The number of nitrogens with one attached hydrogen (secondary N) is 2. The van der Waals surface area contributed by atoms with Gasteiger partial charge in [0.05, 0.1) is 0 Å². The lowest BCUT2D eigenvalue weighted by Gasteiger charge is -1.92. The molecule has 0 unspecified atom stereocenters. The maximum Gasteiger partial charge on any atom is 0.735 e. The van der Waals surface area contributed by atoms with Crippen LogP contribution in [0.5, 0.6) is 0 Å². The van der Waals surface area contributed by atoms with Crippen LogP contribution in [0, 0.1) is 0 Å². The molecule has 72 valence electrons. The summed E-state index contributed by atoms with van der Waals surface area (Å²) in [5.41, 5.74) is 15.0. The average molecular weight is 197 g/mol. The molecule has 0 aromatic carbocycles. The molecule has 0 atom stereocenters. The second-order valence-electron chi connectivity index (χ2n) is 1.77. The highest BCUT2D eigenvalue weighted by atomic mass is 31.1. The highest BCUT2D eigenvalue weighted by Crippen LogP contribution is 2.18. The molecule has 7 nitrogen and oxygen atoms in total. The average Bonchev–Trinajstić information content (AvgIpc) is 2.06. The summed E-state index contributed by atoms with van der Waals surface area (Å²) in [7, 11) is -2.19. The zero-order valence-electron chi connectivity index (χ0n) is 6.66. The third-order valence-corrected chi connectivity index (χ3v) is 1.33. The molecule has 0 bridgehead atoms. The van der Waals surface area contributed by atoms with Crippen LogP contribution >= 0.6 is 8.25 Å². The van der Waals surface area contributed by atoms with E-state index in [0.717, 1.165) is 0 Å². The van der Waals surface area contributed by atoms with Crippen molar-refractivity contribution in [1.82, 2.24) is 11.0 Å². The van der Waals surface area contributed by atoms with Gasteiger partial charge in [-0.15, -0.1) is 11.0 Å². The maximum absolute atomic E-state index is 10.7. The van der Waals surface area contributed by atoms with Crippen molar-refractivity contribution >= 4 is 8.25 Å². The molecule has 0 aliphatic heterocycles. The molecule has 0 amide bonds. The van der Waals surface area contributed by atoms with E-state index in [4.69, 9.17) is 11.5 Å². The van der Waals surface area contributed by atoms with Crippen LogP contribution in [0.15, 0.2) is 0 Å². The number of rotatable bonds is 8. The lowest BCUT2D eigenvalue weighted by molar-refractivity contribution is 0.120. The molecule has 12 heavy (non-hydrogen) atoms. The number of hydroxylamine groups is 2. The molecular formula is C4H14N4O3P+. The van der Waals surface area contributed by atoms with Gasteiger partial charge in [0, 0.05) is 30.7 Å². The van der Waals surface area contributed by atoms with E-state index in [2.05, 4.69) is 20.2 Å². The second-order valence-corrected chi connectivity index (χ2v) is 2.58. The van der Waals surface area contributed by atoms with Gasteiger partial charge in [0.1, 0.15) is 0 Å². The summed E-state index contributed by atoms with van der Waals surface area (Å²) in [6.45, 7) is 1.64. The Balaban J connectivity index is 3.10. The number of hydrogen-bond acceptors (Lipinski definition) is 7. The summed E-state index contributed by atoms with van der Waals surface area (Å²) in [5, 5.41) is 0. The smallest absolute Gasteiger partial charge is 0.329 e. The fourth-order valence-corrected chi connectivity index (χ4v) is 0.764. The Morgan fingerprint density at radius 3 is 1.83 bits per heavy atom.